The lowest BCUT2D eigenvalue weighted by Crippen LogP contribution is -2.48. The van der Waals surface area contributed by atoms with Crippen molar-refractivity contribution in [2.75, 3.05) is 18.4 Å². The van der Waals surface area contributed by atoms with Crippen LogP contribution in [0.1, 0.15) is 24.2 Å². The molecule has 1 aliphatic heterocycles. The van der Waals surface area contributed by atoms with Crippen molar-refractivity contribution >= 4 is 33.2 Å². The van der Waals surface area contributed by atoms with Crippen LogP contribution in [0, 0.1) is 0 Å². The van der Waals surface area contributed by atoms with Crippen LogP contribution in [0.25, 0.3) is 0 Å². The van der Waals surface area contributed by atoms with Crippen molar-refractivity contribution in [2.24, 2.45) is 0 Å². The van der Waals surface area contributed by atoms with E-state index in [0.717, 1.165) is 0 Å². The van der Waals surface area contributed by atoms with Crippen molar-refractivity contribution in [2.45, 2.75) is 31.0 Å². The summed E-state index contributed by atoms with van der Waals surface area (Å²) in [7, 11) is -3.71. The molecule has 2 aromatic rings. The number of ether oxygens (including phenoxy) is 1. The standard InChI is InChI=1S/C19H21ClN2O4S/c1-13-11-22(12-14(2)26-13)27(24,25)18-5-3-4-15(10-18)19(23)21-17-8-6-16(20)7-9-17/h3-10,13-14H,11-12H2,1-2H3,(H,21,23)/t13-,14+. The molecule has 0 spiro atoms. The van der Waals surface area contributed by atoms with E-state index in [0.29, 0.717) is 10.7 Å². The fourth-order valence-corrected chi connectivity index (χ4v) is 4.77. The first kappa shape index (κ1) is 19.8. The zero-order valence-corrected chi connectivity index (χ0v) is 16.6. The number of anilines is 1. The average molecular weight is 409 g/mol. The SMILES string of the molecule is C[C@@H]1CN(S(=O)(=O)c2cccc(C(=O)Nc3ccc(Cl)cc3)c2)C[C@H](C)O1. The van der Waals surface area contributed by atoms with Crippen LogP contribution in [0.3, 0.4) is 0 Å². The molecule has 1 fully saturated rings. The van der Waals surface area contributed by atoms with Gasteiger partial charge in [-0.3, -0.25) is 4.79 Å². The fraction of sp³-hybridized carbons (Fsp3) is 0.316. The van der Waals surface area contributed by atoms with Gasteiger partial charge < -0.3 is 10.1 Å². The van der Waals surface area contributed by atoms with E-state index in [9.17, 15) is 13.2 Å². The molecule has 2 atom stereocenters. The van der Waals surface area contributed by atoms with Gasteiger partial charge in [0.1, 0.15) is 0 Å². The van der Waals surface area contributed by atoms with Gasteiger partial charge in [-0.15, -0.1) is 0 Å². The Bertz CT molecular complexity index is 921. The van der Waals surface area contributed by atoms with E-state index in [-0.39, 0.29) is 35.8 Å². The summed E-state index contributed by atoms with van der Waals surface area (Å²) in [5.74, 6) is -0.391. The topological polar surface area (TPSA) is 75.7 Å². The summed E-state index contributed by atoms with van der Waals surface area (Å²) in [6.45, 7) is 4.25. The second kappa shape index (κ2) is 7.98. The number of morpholine rings is 1. The summed E-state index contributed by atoms with van der Waals surface area (Å²) in [6, 6.07) is 12.7. The highest BCUT2D eigenvalue weighted by Crippen LogP contribution is 2.22. The summed E-state index contributed by atoms with van der Waals surface area (Å²) in [5, 5.41) is 3.30. The van der Waals surface area contributed by atoms with Gasteiger partial charge in [-0.05, 0) is 56.3 Å². The molecular weight excluding hydrogens is 388 g/mol. The molecule has 0 unspecified atom stereocenters. The molecule has 0 aromatic heterocycles. The molecule has 1 N–H and O–H groups in total. The molecule has 27 heavy (non-hydrogen) atoms. The van der Waals surface area contributed by atoms with Crippen LogP contribution < -0.4 is 5.32 Å². The van der Waals surface area contributed by atoms with E-state index >= 15 is 0 Å². The Balaban J connectivity index is 1.82. The number of amides is 1. The largest absolute Gasteiger partial charge is 0.373 e. The zero-order valence-electron chi connectivity index (χ0n) is 15.1. The van der Waals surface area contributed by atoms with Gasteiger partial charge in [0.05, 0.1) is 17.1 Å². The molecule has 0 radical (unpaired) electrons. The molecule has 0 bridgehead atoms. The minimum atomic E-state index is -3.71. The molecule has 144 valence electrons. The van der Waals surface area contributed by atoms with E-state index in [2.05, 4.69) is 5.32 Å². The van der Waals surface area contributed by atoms with Gasteiger partial charge in [-0.2, -0.15) is 4.31 Å². The van der Waals surface area contributed by atoms with E-state index < -0.39 is 15.9 Å². The molecular formula is C19H21ClN2O4S. The number of rotatable bonds is 4. The number of nitrogens with zero attached hydrogens (tertiary/aromatic N) is 1. The molecule has 1 heterocycles. The molecule has 3 rings (SSSR count). The summed E-state index contributed by atoms with van der Waals surface area (Å²) in [4.78, 5) is 12.6. The molecule has 6 nitrogen and oxygen atoms in total. The van der Waals surface area contributed by atoms with Crippen LogP contribution in [0.5, 0.6) is 0 Å². The van der Waals surface area contributed by atoms with Crippen LogP contribution >= 0.6 is 11.6 Å². The first-order chi connectivity index (χ1) is 12.8. The number of benzene rings is 2. The van der Waals surface area contributed by atoms with E-state index in [1.54, 1.807) is 36.4 Å². The maximum absolute atomic E-state index is 13.0. The first-order valence-electron chi connectivity index (χ1n) is 8.58. The maximum atomic E-state index is 13.0. The van der Waals surface area contributed by atoms with Gasteiger partial charge in [-0.25, -0.2) is 8.42 Å². The van der Waals surface area contributed by atoms with Gasteiger partial charge in [0.15, 0.2) is 0 Å². The molecule has 1 amide bonds. The van der Waals surface area contributed by atoms with Crippen molar-refractivity contribution in [3.8, 4) is 0 Å². The third-order valence-corrected chi connectivity index (χ3v) is 6.30. The third-order valence-electron chi connectivity index (χ3n) is 4.22. The zero-order chi connectivity index (χ0) is 19.6. The highest BCUT2D eigenvalue weighted by Gasteiger charge is 2.32. The number of nitrogens with one attached hydrogen (secondary N) is 1. The minimum Gasteiger partial charge on any atom is -0.373 e. The van der Waals surface area contributed by atoms with Gasteiger partial charge in [0, 0.05) is 29.4 Å². The van der Waals surface area contributed by atoms with E-state index in [1.807, 2.05) is 13.8 Å². The minimum absolute atomic E-state index is 0.0903. The summed E-state index contributed by atoms with van der Waals surface area (Å²) in [5.41, 5.74) is 0.842. The van der Waals surface area contributed by atoms with Gasteiger partial charge in [0.25, 0.3) is 5.91 Å². The predicted molar refractivity (Wildman–Crippen MR) is 105 cm³/mol. The Labute approximate surface area is 164 Å². The van der Waals surface area contributed by atoms with Gasteiger partial charge in [0.2, 0.25) is 10.0 Å². The highest BCUT2D eigenvalue weighted by molar-refractivity contribution is 7.89. The lowest BCUT2D eigenvalue weighted by molar-refractivity contribution is -0.0440. The van der Waals surface area contributed by atoms with Crippen molar-refractivity contribution in [1.82, 2.24) is 4.31 Å². The van der Waals surface area contributed by atoms with Crippen molar-refractivity contribution in [3.63, 3.8) is 0 Å². The Kier molecular flexibility index (Phi) is 5.86. The van der Waals surface area contributed by atoms with Crippen LogP contribution in [-0.4, -0.2) is 43.9 Å². The smallest absolute Gasteiger partial charge is 0.255 e. The molecule has 1 aliphatic rings. The monoisotopic (exact) mass is 408 g/mol. The van der Waals surface area contributed by atoms with Gasteiger partial charge in [-0.1, -0.05) is 17.7 Å². The highest BCUT2D eigenvalue weighted by atomic mass is 35.5. The van der Waals surface area contributed by atoms with Crippen LogP contribution in [0.2, 0.25) is 5.02 Å². The van der Waals surface area contributed by atoms with E-state index in [4.69, 9.17) is 16.3 Å². The number of carbonyl (C=O) groups excluding carboxylic acids is 1. The molecule has 8 heteroatoms. The van der Waals surface area contributed by atoms with Crippen molar-refractivity contribution in [3.05, 3.63) is 59.1 Å². The number of hydrogen-bond donors (Lipinski definition) is 1. The second-order valence-corrected chi connectivity index (χ2v) is 8.94. The molecule has 0 saturated carbocycles. The predicted octanol–water partition coefficient (Wildman–Crippen LogP) is 3.39. The summed E-state index contributed by atoms with van der Waals surface area (Å²) >= 11 is 5.84. The number of hydrogen-bond acceptors (Lipinski definition) is 4. The van der Waals surface area contributed by atoms with E-state index in [1.165, 1.54) is 16.4 Å². The molecule has 0 aliphatic carbocycles. The van der Waals surface area contributed by atoms with Crippen LogP contribution in [-0.2, 0) is 14.8 Å². The Morgan fingerprint density at radius 2 is 1.74 bits per heavy atom. The van der Waals surface area contributed by atoms with Crippen LogP contribution in [0.4, 0.5) is 5.69 Å². The fourth-order valence-electron chi connectivity index (χ4n) is 3.01. The van der Waals surface area contributed by atoms with Gasteiger partial charge >= 0.3 is 0 Å². The van der Waals surface area contributed by atoms with Crippen LogP contribution in [0.15, 0.2) is 53.4 Å². The normalized spacial score (nSPS) is 21.0. The second-order valence-electron chi connectivity index (χ2n) is 6.57. The summed E-state index contributed by atoms with van der Waals surface area (Å²) < 4.78 is 33.0. The number of halogens is 1. The quantitative estimate of drug-likeness (QED) is 0.841. The summed E-state index contributed by atoms with van der Waals surface area (Å²) in [6.07, 6.45) is -0.361. The number of carbonyl (C=O) groups is 1. The van der Waals surface area contributed by atoms with Crippen molar-refractivity contribution in [1.29, 1.82) is 0 Å². The number of sulfonamides is 1. The molecule has 2 aromatic carbocycles. The lowest BCUT2D eigenvalue weighted by Gasteiger charge is -2.34. The first-order valence-corrected chi connectivity index (χ1v) is 10.4. The Hall–Kier alpha value is -1.93. The Morgan fingerprint density at radius 1 is 1.11 bits per heavy atom. The lowest BCUT2D eigenvalue weighted by atomic mass is 10.2. The molecule has 1 saturated heterocycles. The average Bonchev–Trinajstić information content (AvgIpc) is 2.63. The Morgan fingerprint density at radius 3 is 2.37 bits per heavy atom. The third kappa shape index (κ3) is 4.68. The van der Waals surface area contributed by atoms with Crippen molar-refractivity contribution < 1.29 is 17.9 Å². The maximum Gasteiger partial charge on any atom is 0.255 e.